The number of rotatable bonds is 4. The highest BCUT2D eigenvalue weighted by atomic mass is 16.6. The lowest BCUT2D eigenvalue weighted by molar-refractivity contribution is 0.0304. The third-order valence-electron chi connectivity index (χ3n) is 4.79. The number of hydrogen-bond donors (Lipinski definition) is 2. The van der Waals surface area contributed by atoms with Gasteiger partial charge in [0.15, 0.2) is 23.0 Å². The maximum atomic E-state index is 10.2. The van der Waals surface area contributed by atoms with Crippen molar-refractivity contribution < 1.29 is 24.4 Å². The molecule has 2 heterocycles. The molecule has 0 amide bonds. The van der Waals surface area contributed by atoms with Crippen molar-refractivity contribution in [1.82, 2.24) is 0 Å². The zero-order valence-corrected chi connectivity index (χ0v) is 13.8. The Morgan fingerprint density at radius 1 is 1.12 bits per heavy atom. The molecule has 0 saturated carbocycles. The fourth-order valence-corrected chi connectivity index (χ4v) is 3.32. The SMILES string of the molecule is COc1cc([C@H](O)[C@H](C)O)cc2c1O[C@H](c1ccc3c(c1)O3)[C@H]2C. The van der Waals surface area contributed by atoms with Crippen molar-refractivity contribution in [1.29, 1.82) is 0 Å². The summed E-state index contributed by atoms with van der Waals surface area (Å²) in [5, 5.41) is 19.9. The van der Waals surface area contributed by atoms with E-state index in [1.165, 1.54) is 0 Å². The molecular weight excluding hydrogens is 308 g/mol. The first-order chi connectivity index (χ1) is 11.5. The molecule has 4 atom stereocenters. The van der Waals surface area contributed by atoms with Gasteiger partial charge in [0.1, 0.15) is 12.2 Å². The van der Waals surface area contributed by atoms with Crippen LogP contribution < -0.4 is 14.2 Å². The van der Waals surface area contributed by atoms with Crippen LogP contribution in [0.2, 0.25) is 0 Å². The summed E-state index contributed by atoms with van der Waals surface area (Å²) in [4.78, 5) is 0. The number of hydrogen-bond acceptors (Lipinski definition) is 5. The van der Waals surface area contributed by atoms with E-state index in [1.807, 2.05) is 24.3 Å². The quantitative estimate of drug-likeness (QED) is 0.718. The fourth-order valence-electron chi connectivity index (χ4n) is 3.32. The highest BCUT2D eigenvalue weighted by Gasteiger charge is 2.37. The monoisotopic (exact) mass is 328 g/mol. The average Bonchev–Trinajstić information content (AvgIpc) is 3.29. The first kappa shape index (κ1) is 15.3. The summed E-state index contributed by atoms with van der Waals surface area (Å²) >= 11 is 0. The van der Waals surface area contributed by atoms with Crippen LogP contribution in [0.1, 0.15) is 48.7 Å². The van der Waals surface area contributed by atoms with Crippen LogP contribution in [0.15, 0.2) is 30.3 Å². The Labute approximate surface area is 140 Å². The van der Waals surface area contributed by atoms with Gasteiger partial charge in [-0.2, -0.15) is 0 Å². The molecule has 0 spiro atoms. The molecular formula is C19H20O5. The van der Waals surface area contributed by atoms with Crippen LogP contribution in [0.25, 0.3) is 0 Å². The molecule has 0 radical (unpaired) electrons. The van der Waals surface area contributed by atoms with Crippen LogP contribution in [0.4, 0.5) is 0 Å². The van der Waals surface area contributed by atoms with Crippen LogP contribution in [0.3, 0.4) is 0 Å². The zero-order valence-electron chi connectivity index (χ0n) is 13.8. The third-order valence-corrected chi connectivity index (χ3v) is 4.79. The molecule has 24 heavy (non-hydrogen) atoms. The van der Waals surface area contributed by atoms with E-state index in [-0.39, 0.29) is 12.0 Å². The molecule has 5 nitrogen and oxygen atoms in total. The van der Waals surface area contributed by atoms with E-state index >= 15 is 0 Å². The van der Waals surface area contributed by atoms with Crippen LogP contribution in [0.5, 0.6) is 23.0 Å². The number of benzene rings is 2. The van der Waals surface area contributed by atoms with E-state index in [2.05, 4.69) is 6.92 Å². The van der Waals surface area contributed by atoms with Crippen molar-refractivity contribution in [2.24, 2.45) is 0 Å². The predicted octanol–water partition coefficient (Wildman–Crippen LogP) is 3.45. The maximum absolute atomic E-state index is 10.2. The molecule has 4 rings (SSSR count). The Morgan fingerprint density at radius 3 is 2.58 bits per heavy atom. The van der Waals surface area contributed by atoms with Gasteiger partial charge in [-0.3, -0.25) is 0 Å². The Bertz CT molecular complexity index is 799. The Morgan fingerprint density at radius 2 is 1.92 bits per heavy atom. The summed E-state index contributed by atoms with van der Waals surface area (Å²) in [6, 6.07) is 9.58. The second-order valence-electron chi connectivity index (χ2n) is 6.46. The van der Waals surface area contributed by atoms with Crippen LogP contribution in [-0.2, 0) is 0 Å². The summed E-state index contributed by atoms with van der Waals surface area (Å²) < 4.78 is 17.0. The topological polar surface area (TPSA) is 71.5 Å². The predicted molar refractivity (Wildman–Crippen MR) is 87.9 cm³/mol. The maximum Gasteiger partial charge on any atom is 0.170 e. The smallest absolute Gasteiger partial charge is 0.170 e. The van der Waals surface area contributed by atoms with Crippen molar-refractivity contribution >= 4 is 0 Å². The van der Waals surface area contributed by atoms with Gasteiger partial charge in [-0.05, 0) is 42.3 Å². The van der Waals surface area contributed by atoms with Crippen molar-refractivity contribution in [2.45, 2.75) is 38.1 Å². The van der Waals surface area contributed by atoms with Gasteiger partial charge in [0, 0.05) is 11.5 Å². The second kappa shape index (κ2) is 5.40. The minimum absolute atomic E-state index is 0.0897. The summed E-state index contributed by atoms with van der Waals surface area (Å²) in [5.41, 5.74) is 2.65. The van der Waals surface area contributed by atoms with Gasteiger partial charge in [0.05, 0.1) is 13.2 Å². The van der Waals surface area contributed by atoms with Gasteiger partial charge >= 0.3 is 0 Å². The Kier molecular flexibility index (Phi) is 3.44. The number of ether oxygens (including phenoxy) is 3. The van der Waals surface area contributed by atoms with E-state index < -0.39 is 12.2 Å². The van der Waals surface area contributed by atoms with Crippen molar-refractivity contribution in [3.8, 4) is 23.0 Å². The molecule has 0 unspecified atom stereocenters. The number of aliphatic hydroxyl groups excluding tert-OH is 2. The number of aliphatic hydroxyl groups is 2. The average molecular weight is 328 g/mol. The minimum atomic E-state index is -0.961. The molecule has 126 valence electrons. The normalized spacial score (nSPS) is 22.7. The van der Waals surface area contributed by atoms with Crippen molar-refractivity contribution in [3.05, 3.63) is 47.0 Å². The van der Waals surface area contributed by atoms with Crippen LogP contribution >= 0.6 is 0 Å². The van der Waals surface area contributed by atoms with Gasteiger partial charge in [0.2, 0.25) is 0 Å². The zero-order chi connectivity index (χ0) is 17.0. The number of fused-ring (bicyclic) bond motifs is 2. The molecule has 0 aliphatic carbocycles. The molecule has 2 aromatic rings. The van der Waals surface area contributed by atoms with Gasteiger partial charge in [-0.1, -0.05) is 13.0 Å². The highest BCUT2D eigenvalue weighted by Crippen LogP contribution is 2.53. The van der Waals surface area contributed by atoms with E-state index in [4.69, 9.17) is 14.2 Å². The molecule has 2 N–H and O–H groups in total. The van der Waals surface area contributed by atoms with Crippen LogP contribution in [0, 0.1) is 0 Å². The lowest BCUT2D eigenvalue weighted by Crippen LogP contribution is -2.14. The summed E-state index contributed by atoms with van der Waals surface area (Å²) in [5.74, 6) is 3.17. The fraction of sp³-hybridized carbons (Fsp3) is 0.368. The standard InChI is InChI=1S/C19H20O5/c1-9-13-6-12(17(21)10(2)20)8-16(22-3)19(13)24-18(9)11-4-5-14-15(7-11)23-14/h4-10,17-18,20-21H,1-3H3/t9-,10-,17+,18-/m0/s1. The van der Waals surface area contributed by atoms with Gasteiger partial charge in [0.25, 0.3) is 0 Å². The molecule has 0 bridgehead atoms. The van der Waals surface area contributed by atoms with E-state index in [9.17, 15) is 10.2 Å². The Balaban J connectivity index is 1.73. The molecule has 2 aliphatic heterocycles. The third kappa shape index (κ3) is 2.32. The summed E-state index contributed by atoms with van der Waals surface area (Å²) in [7, 11) is 1.57. The van der Waals surface area contributed by atoms with Gasteiger partial charge < -0.3 is 24.4 Å². The molecule has 2 aliphatic rings. The molecule has 5 heteroatoms. The van der Waals surface area contributed by atoms with Crippen LogP contribution in [-0.4, -0.2) is 23.4 Å². The van der Waals surface area contributed by atoms with Crippen molar-refractivity contribution in [2.75, 3.05) is 7.11 Å². The summed E-state index contributed by atoms with van der Waals surface area (Å²) in [6.45, 7) is 3.65. The lowest BCUT2D eigenvalue weighted by atomic mass is 9.90. The van der Waals surface area contributed by atoms with Gasteiger partial charge in [-0.15, -0.1) is 0 Å². The first-order valence-electron chi connectivity index (χ1n) is 8.06. The highest BCUT2D eigenvalue weighted by molar-refractivity contribution is 5.59. The number of methoxy groups -OCH3 is 1. The Hall–Kier alpha value is -2.24. The van der Waals surface area contributed by atoms with E-state index in [0.29, 0.717) is 17.1 Å². The molecule has 0 aromatic heterocycles. The van der Waals surface area contributed by atoms with Gasteiger partial charge in [-0.25, -0.2) is 0 Å². The minimum Gasteiger partial charge on any atom is -0.493 e. The second-order valence-corrected chi connectivity index (χ2v) is 6.46. The molecule has 0 fully saturated rings. The summed E-state index contributed by atoms with van der Waals surface area (Å²) in [6.07, 6.45) is -1.96. The first-order valence-corrected chi connectivity index (χ1v) is 8.06. The molecule has 2 aromatic carbocycles. The van der Waals surface area contributed by atoms with E-state index in [0.717, 1.165) is 22.6 Å². The molecule has 0 saturated heterocycles. The lowest BCUT2D eigenvalue weighted by Gasteiger charge is -2.17. The van der Waals surface area contributed by atoms with E-state index in [1.54, 1.807) is 20.1 Å². The van der Waals surface area contributed by atoms with Crippen molar-refractivity contribution in [3.63, 3.8) is 0 Å². The largest absolute Gasteiger partial charge is 0.493 e.